The van der Waals surface area contributed by atoms with E-state index in [9.17, 15) is 0 Å². The highest BCUT2D eigenvalue weighted by molar-refractivity contribution is 6.13. The van der Waals surface area contributed by atoms with Crippen molar-refractivity contribution in [3.63, 3.8) is 0 Å². The quantitative estimate of drug-likeness (QED) is 0.393. The van der Waals surface area contributed by atoms with E-state index < -0.39 is 0 Å². The van der Waals surface area contributed by atoms with Crippen molar-refractivity contribution in [2.75, 3.05) is 0 Å². The number of rotatable bonds is 2. The van der Waals surface area contributed by atoms with Crippen LogP contribution in [-0.2, 0) is 0 Å². The molecule has 1 atom stereocenters. The SMILES string of the molecule is B[C@@H](N)C(=C)C=CC. The van der Waals surface area contributed by atoms with Crippen LogP contribution in [0.15, 0.2) is 24.3 Å². The Kier molecular flexibility index (Phi) is 3.28. The van der Waals surface area contributed by atoms with E-state index >= 15 is 0 Å². The summed E-state index contributed by atoms with van der Waals surface area (Å²) < 4.78 is 0. The molecular weight excluding hydrogens is 96.9 g/mol. The van der Waals surface area contributed by atoms with Gasteiger partial charge in [0.05, 0.1) is 0 Å². The monoisotopic (exact) mass is 109 g/mol. The van der Waals surface area contributed by atoms with E-state index in [2.05, 4.69) is 6.58 Å². The van der Waals surface area contributed by atoms with Crippen molar-refractivity contribution in [3.8, 4) is 0 Å². The highest BCUT2D eigenvalue weighted by Crippen LogP contribution is 1.92. The fourth-order valence-electron chi connectivity index (χ4n) is 0.366. The first kappa shape index (κ1) is 7.50. The molecule has 1 nitrogen and oxygen atoms in total. The van der Waals surface area contributed by atoms with Gasteiger partial charge in [0.1, 0.15) is 7.85 Å². The molecule has 0 saturated carbocycles. The number of nitrogens with two attached hydrogens (primary N) is 1. The first-order valence-electron chi connectivity index (χ1n) is 2.75. The molecule has 0 aromatic heterocycles. The van der Waals surface area contributed by atoms with Crippen molar-refractivity contribution in [1.29, 1.82) is 0 Å². The Bertz CT molecular complexity index is 105. The van der Waals surface area contributed by atoms with Crippen molar-refractivity contribution in [3.05, 3.63) is 24.3 Å². The molecular formula is C6H12BN. The van der Waals surface area contributed by atoms with Gasteiger partial charge in [0.25, 0.3) is 0 Å². The molecule has 0 bridgehead atoms. The molecule has 0 radical (unpaired) electrons. The van der Waals surface area contributed by atoms with Gasteiger partial charge in [0.15, 0.2) is 0 Å². The summed E-state index contributed by atoms with van der Waals surface area (Å²) in [5, 5.41) is 0. The van der Waals surface area contributed by atoms with E-state index in [1.165, 1.54) is 0 Å². The molecule has 0 aromatic rings. The van der Waals surface area contributed by atoms with Gasteiger partial charge in [-0.2, -0.15) is 0 Å². The smallest absolute Gasteiger partial charge is 0.128 e. The van der Waals surface area contributed by atoms with Crippen molar-refractivity contribution in [2.45, 2.75) is 12.9 Å². The van der Waals surface area contributed by atoms with Gasteiger partial charge < -0.3 is 5.73 Å². The summed E-state index contributed by atoms with van der Waals surface area (Å²) in [6.07, 6.45) is 3.86. The number of hydrogen-bond acceptors (Lipinski definition) is 1. The summed E-state index contributed by atoms with van der Waals surface area (Å²) >= 11 is 0. The predicted octanol–water partition coefficient (Wildman–Crippen LogP) is 0.0366. The minimum absolute atomic E-state index is 0.0891. The second-order valence-electron chi connectivity index (χ2n) is 1.86. The van der Waals surface area contributed by atoms with Crippen molar-refractivity contribution in [1.82, 2.24) is 0 Å². The molecule has 0 saturated heterocycles. The summed E-state index contributed by atoms with van der Waals surface area (Å²) in [5.74, 6) is 0.0891. The number of allylic oxidation sites excluding steroid dienone is 1. The van der Waals surface area contributed by atoms with Gasteiger partial charge in [-0.25, -0.2) is 0 Å². The lowest BCUT2D eigenvalue weighted by Gasteiger charge is -2.01. The van der Waals surface area contributed by atoms with Crippen LogP contribution >= 0.6 is 0 Å². The van der Waals surface area contributed by atoms with E-state index in [1.54, 1.807) is 0 Å². The minimum Gasteiger partial charge on any atom is -0.331 e. The molecule has 0 unspecified atom stereocenters. The Morgan fingerprint density at radius 3 is 2.50 bits per heavy atom. The van der Waals surface area contributed by atoms with E-state index in [1.807, 2.05) is 26.9 Å². The second-order valence-corrected chi connectivity index (χ2v) is 1.86. The maximum absolute atomic E-state index is 5.47. The van der Waals surface area contributed by atoms with Gasteiger partial charge in [0, 0.05) is 0 Å². The van der Waals surface area contributed by atoms with Crippen molar-refractivity contribution < 1.29 is 0 Å². The summed E-state index contributed by atoms with van der Waals surface area (Å²) in [5.41, 5.74) is 6.45. The molecule has 0 amide bonds. The van der Waals surface area contributed by atoms with Crippen LogP contribution in [0.2, 0.25) is 0 Å². The Labute approximate surface area is 51.7 Å². The third-order valence-electron chi connectivity index (χ3n) is 0.966. The third kappa shape index (κ3) is 2.64. The van der Waals surface area contributed by atoms with E-state index in [0.717, 1.165) is 5.57 Å². The Morgan fingerprint density at radius 2 is 2.38 bits per heavy atom. The molecule has 0 aliphatic heterocycles. The van der Waals surface area contributed by atoms with Crippen molar-refractivity contribution >= 4 is 7.85 Å². The van der Waals surface area contributed by atoms with Crippen LogP contribution in [0.3, 0.4) is 0 Å². The van der Waals surface area contributed by atoms with Crippen LogP contribution in [0.1, 0.15) is 6.92 Å². The van der Waals surface area contributed by atoms with E-state index in [-0.39, 0.29) is 5.94 Å². The molecule has 44 valence electrons. The minimum atomic E-state index is 0.0891. The zero-order chi connectivity index (χ0) is 6.57. The molecule has 0 fully saturated rings. The van der Waals surface area contributed by atoms with Gasteiger partial charge in [0.2, 0.25) is 0 Å². The van der Waals surface area contributed by atoms with Crippen molar-refractivity contribution in [2.24, 2.45) is 5.73 Å². The molecule has 0 aliphatic carbocycles. The summed E-state index contributed by atoms with van der Waals surface area (Å²) in [6.45, 7) is 5.68. The van der Waals surface area contributed by atoms with Crippen LogP contribution < -0.4 is 5.73 Å². The zero-order valence-corrected chi connectivity index (χ0v) is 5.52. The Balaban J connectivity index is 3.66. The topological polar surface area (TPSA) is 26.0 Å². The average Bonchev–Trinajstić information content (AvgIpc) is 1.67. The summed E-state index contributed by atoms with van der Waals surface area (Å²) in [7, 11) is 1.92. The maximum atomic E-state index is 5.47. The van der Waals surface area contributed by atoms with Crippen LogP contribution in [0.25, 0.3) is 0 Å². The predicted molar refractivity (Wildman–Crippen MR) is 40.5 cm³/mol. The fraction of sp³-hybridized carbons (Fsp3) is 0.333. The molecule has 0 heterocycles. The molecule has 0 rings (SSSR count). The van der Waals surface area contributed by atoms with Gasteiger partial charge in [-0.3, -0.25) is 0 Å². The maximum Gasteiger partial charge on any atom is 0.128 e. The van der Waals surface area contributed by atoms with E-state index in [4.69, 9.17) is 5.73 Å². The highest BCUT2D eigenvalue weighted by Gasteiger charge is 1.92. The average molecular weight is 109 g/mol. The van der Waals surface area contributed by atoms with Crippen LogP contribution in [-0.4, -0.2) is 13.8 Å². The molecule has 0 spiro atoms. The van der Waals surface area contributed by atoms with Crippen LogP contribution in [0.4, 0.5) is 0 Å². The molecule has 8 heavy (non-hydrogen) atoms. The third-order valence-corrected chi connectivity index (χ3v) is 0.966. The van der Waals surface area contributed by atoms with Gasteiger partial charge in [-0.05, 0) is 18.4 Å². The standard InChI is InChI=1S/C6H12BN/c1-3-4-5(2)6(7)8/h3-4,6H,2,7-8H2,1H3/t6-/m0/s1. The second kappa shape index (κ2) is 3.50. The highest BCUT2D eigenvalue weighted by atomic mass is 14.6. The Morgan fingerprint density at radius 1 is 1.88 bits per heavy atom. The van der Waals surface area contributed by atoms with E-state index in [0.29, 0.717) is 0 Å². The fourth-order valence-corrected chi connectivity index (χ4v) is 0.366. The summed E-state index contributed by atoms with van der Waals surface area (Å²) in [4.78, 5) is 0. The Hall–Kier alpha value is -0.495. The van der Waals surface area contributed by atoms with Crippen LogP contribution in [0.5, 0.6) is 0 Å². The normalized spacial score (nSPS) is 14.2. The molecule has 2 N–H and O–H groups in total. The first-order valence-corrected chi connectivity index (χ1v) is 2.75. The largest absolute Gasteiger partial charge is 0.331 e. The lowest BCUT2D eigenvalue weighted by molar-refractivity contribution is 1.09. The molecule has 0 aliphatic rings. The lowest BCUT2D eigenvalue weighted by atomic mass is 9.91. The summed E-state index contributed by atoms with van der Waals surface area (Å²) in [6, 6.07) is 0. The molecule has 0 aromatic carbocycles. The van der Waals surface area contributed by atoms with Crippen LogP contribution in [0, 0.1) is 0 Å². The van der Waals surface area contributed by atoms with Gasteiger partial charge in [-0.1, -0.05) is 18.7 Å². The lowest BCUT2D eigenvalue weighted by Crippen LogP contribution is -2.20. The van der Waals surface area contributed by atoms with Gasteiger partial charge in [-0.15, -0.1) is 0 Å². The molecule has 2 heteroatoms. The zero-order valence-electron chi connectivity index (χ0n) is 5.52. The number of hydrogen-bond donors (Lipinski definition) is 1. The van der Waals surface area contributed by atoms with Gasteiger partial charge >= 0.3 is 0 Å². The first-order chi connectivity index (χ1) is 3.68.